The monoisotopic (exact) mass is 295 g/mol. The Morgan fingerprint density at radius 3 is 2.63 bits per heavy atom. The number of aryl methyl sites for hydroxylation is 1. The smallest absolute Gasteiger partial charge is 0.126 e. The molecule has 0 unspecified atom stereocenters. The van der Waals surface area contributed by atoms with E-state index in [0.29, 0.717) is 10.6 Å². The first-order valence-electron chi connectivity index (χ1n) is 5.96. The van der Waals surface area contributed by atoms with Crippen LogP contribution in [0.1, 0.15) is 24.1 Å². The van der Waals surface area contributed by atoms with Gasteiger partial charge in [-0.3, -0.25) is 0 Å². The molecule has 0 saturated heterocycles. The largest absolute Gasteiger partial charge is 0.324 e. The molecule has 0 aromatic heterocycles. The van der Waals surface area contributed by atoms with Crippen molar-refractivity contribution >= 4 is 23.4 Å². The number of hydrogen-bond acceptors (Lipinski definition) is 2. The zero-order valence-corrected chi connectivity index (χ0v) is 12.4. The summed E-state index contributed by atoms with van der Waals surface area (Å²) in [6.07, 6.45) is 0. The molecule has 0 heterocycles. The molecule has 19 heavy (non-hydrogen) atoms. The van der Waals surface area contributed by atoms with Crippen LogP contribution < -0.4 is 5.73 Å². The van der Waals surface area contributed by atoms with Gasteiger partial charge in [0.25, 0.3) is 0 Å². The van der Waals surface area contributed by atoms with E-state index in [-0.39, 0.29) is 11.9 Å². The maximum Gasteiger partial charge on any atom is 0.126 e. The molecule has 0 fully saturated rings. The molecule has 4 heteroatoms. The van der Waals surface area contributed by atoms with Crippen LogP contribution >= 0.6 is 23.4 Å². The van der Waals surface area contributed by atoms with Gasteiger partial charge in [0, 0.05) is 20.9 Å². The molecule has 1 nitrogen and oxygen atoms in total. The quantitative estimate of drug-likeness (QED) is 0.866. The minimum absolute atomic E-state index is 0.211. The van der Waals surface area contributed by atoms with Crippen molar-refractivity contribution in [1.82, 2.24) is 0 Å². The summed E-state index contributed by atoms with van der Waals surface area (Å²) >= 11 is 7.52. The number of nitrogens with two attached hydrogens (primary N) is 1. The average molecular weight is 296 g/mol. The Kier molecular flexibility index (Phi) is 4.50. The highest BCUT2D eigenvalue weighted by Gasteiger charge is 2.12. The average Bonchev–Trinajstić information content (AvgIpc) is 2.33. The molecule has 0 radical (unpaired) electrons. The second kappa shape index (κ2) is 5.95. The van der Waals surface area contributed by atoms with E-state index in [1.54, 1.807) is 18.7 Å². The first-order valence-corrected chi connectivity index (χ1v) is 7.16. The van der Waals surface area contributed by atoms with Crippen LogP contribution in [0.3, 0.4) is 0 Å². The van der Waals surface area contributed by atoms with Crippen molar-refractivity contribution in [2.45, 2.75) is 29.7 Å². The van der Waals surface area contributed by atoms with E-state index in [4.69, 9.17) is 17.3 Å². The fraction of sp³-hybridized carbons (Fsp3) is 0.200. The lowest BCUT2D eigenvalue weighted by Gasteiger charge is -2.14. The SMILES string of the molecule is Cc1cc(Sc2cccc(Cl)c2)c([C@H](C)N)cc1F. The van der Waals surface area contributed by atoms with Crippen molar-refractivity contribution in [3.05, 3.63) is 58.4 Å². The van der Waals surface area contributed by atoms with Crippen molar-refractivity contribution in [3.63, 3.8) is 0 Å². The summed E-state index contributed by atoms with van der Waals surface area (Å²) in [4.78, 5) is 1.98. The molecule has 2 rings (SSSR count). The maximum atomic E-state index is 13.6. The van der Waals surface area contributed by atoms with E-state index in [1.165, 1.54) is 6.07 Å². The minimum Gasteiger partial charge on any atom is -0.324 e. The molecule has 2 aromatic carbocycles. The topological polar surface area (TPSA) is 26.0 Å². The van der Waals surface area contributed by atoms with E-state index in [2.05, 4.69) is 0 Å². The third-order valence-corrected chi connectivity index (χ3v) is 4.10. The summed E-state index contributed by atoms with van der Waals surface area (Å²) in [5.41, 5.74) is 7.34. The summed E-state index contributed by atoms with van der Waals surface area (Å²) < 4.78 is 13.6. The molecule has 2 aromatic rings. The highest BCUT2D eigenvalue weighted by Crippen LogP contribution is 2.35. The van der Waals surface area contributed by atoms with Gasteiger partial charge in [-0.05, 0) is 55.3 Å². The van der Waals surface area contributed by atoms with Crippen LogP contribution in [0.2, 0.25) is 5.02 Å². The highest BCUT2D eigenvalue weighted by molar-refractivity contribution is 7.99. The van der Waals surface area contributed by atoms with Crippen LogP contribution in [0.5, 0.6) is 0 Å². The Morgan fingerprint density at radius 2 is 2.00 bits per heavy atom. The van der Waals surface area contributed by atoms with Crippen molar-refractivity contribution in [2.75, 3.05) is 0 Å². The maximum absolute atomic E-state index is 13.6. The molecule has 0 aliphatic heterocycles. The normalized spacial score (nSPS) is 12.5. The van der Waals surface area contributed by atoms with Gasteiger partial charge in [0.1, 0.15) is 5.82 Å². The predicted molar refractivity (Wildman–Crippen MR) is 79.3 cm³/mol. The summed E-state index contributed by atoms with van der Waals surface area (Å²) in [7, 11) is 0. The standard InChI is InChI=1S/C15H15ClFNS/c1-9-6-15(13(10(2)18)8-14(9)17)19-12-5-3-4-11(16)7-12/h3-8,10H,18H2,1-2H3/t10-/m0/s1. The molecular formula is C15H15ClFNS. The Hall–Kier alpha value is -1.03. The summed E-state index contributed by atoms with van der Waals surface area (Å²) in [5.74, 6) is -0.220. The Balaban J connectivity index is 2.41. The second-order valence-corrected chi connectivity index (χ2v) is 6.04. The molecular weight excluding hydrogens is 281 g/mol. The van der Waals surface area contributed by atoms with Crippen molar-refractivity contribution in [2.24, 2.45) is 5.73 Å². The van der Waals surface area contributed by atoms with Crippen molar-refractivity contribution in [3.8, 4) is 0 Å². The molecule has 100 valence electrons. The summed E-state index contributed by atoms with van der Waals surface area (Å²) in [5, 5.41) is 0.686. The molecule has 0 amide bonds. The fourth-order valence-electron chi connectivity index (χ4n) is 1.77. The van der Waals surface area contributed by atoms with Gasteiger partial charge in [-0.25, -0.2) is 4.39 Å². The van der Waals surface area contributed by atoms with Gasteiger partial charge in [0.2, 0.25) is 0 Å². The first-order chi connectivity index (χ1) is 8.97. The Labute approximate surface area is 122 Å². The van der Waals surface area contributed by atoms with Crippen LogP contribution in [0.4, 0.5) is 4.39 Å². The zero-order valence-electron chi connectivity index (χ0n) is 10.8. The van der Waals surface area contributed by atoms with E-state index in [0.717, 1.165) is 15.4 Å². The first kappa shape index (κ1) is 14.4. The van der Waals surface area contributed by atoms with Crippen LogP contribution in [0, 0.1) is 12.7 Å². The Bertz CT molecular complexity index is 599. The fourth-order valence-corrected chi connectivity index (χ4v) is 3.21. The highest BCUT2D eigenvalue weighted by atomic mass is 35.5. The van der Waals surface area contributed by atoms with Crippen LogP contribution in [0.15, 0.2) is 46.2 Å². The van der Waals surface area contributed by atoms with E-state index >= 15 is 0 Å². The van der Waals surface area contributed by atoms with Crippen molar-refractivity contribution < 1.29 is 4.39 Å². The molecule has 0 saturated carbocycles. The number of benzene rings is 2. The molecule has 0 aliphatic carbocycles. The lowest BCUT2D eigenvalue weighted by molar-refractivity contribution is 0.610. The molecule has 0 spiro atoms. The van der Waals surface area contributed by atoms with Gasteiger partial charge in [-0.15, -0.1) is 0 Å². The number of rotatable bonds is 3. The summed E-state index contributed by atoms with van der Waals surface area (Å²) in [6, 6.07) is 10.7. The van der Waals surface area contributed by atoms with Gasteiger partial charge >= 0.3 is 0 Å². The van der Waals surface area contributed by atoms with Gasteiger partial charge in [0.05, 0.1) is 0 Å². The lowest BCUT2D eigenvalue weighted by Crippen LogP contribution is -2.07. The van der Waals surface area contributed by atoms with Crippen molar-refractivity contribution in [1.29, 1.82) is 0 Å². The Morgan fingerprint density at radius 1 is 1.26 bits per heavy atom. The van der Waals surface area contributed by atoms with Crippen LogP contribution in [-0.4, -0.2) is 0 Å². The minimum atomic E-state index is -0.220. The van der Waals surface area contributed by atoms with Gasteiger partial charge in [0.15, 0.2) is 0 Å². The number of hydrogen-bond donors (Lipinski definition) is 1. The van der Waals surface area contributed by atoms with E-state index in [1.807, 2.05) is 37.3 Å². The van der Waals surface area contributed by atoms with Crippen LogP contribution in [-0.2, 0) is 0 Å². The van der Waals surface area contributed by atoms with Crippen LogP contribution in [0.25, 0.3) is 0 Å². The van der Waals surface area contributed by atoms with Gasteiger partial charge in [-0.2, -0.15) is 0 Å². The molecule has 0 aliphatic rings. The molecule has 1 atom stereocenters. The van der Waals surface area contributed by atoms with E-state index < -0.39 is 0 Å². The molecule has 2 N–H and O–H groups in total. The zero-order chi connectivity index (χ0) is 14.0. The lowest BCUT2D eigenvalue weighted by atomic mass is 10.1. The van der Waals surface area contributed by atoms with Gasteiger partial charge < -0.3 is 5.73 Å². The second-order valence-electron chi connectivity index (χ2n) is 4.49. The predicted octanol–water partition coefficient (Wildman–Crippen LogP) is 4.96. The van der Waals surface area contributed by atoms with Gasteiger partial charge in [-0.1, -0.05) is 29.4 Å². The van der Waals surface area contributed by atoms with E-state index in [9.17, 15) is 4.39 Å². The third kappa shape index (κ3) is 3.50. The number of halogens is 2. The summed E-state index contributed by atoms with van der Waals surface area (Å²) in [6.45, 7) is 3.61. The molecule has 0 bridgehead atoms. The third-order valence-electron chi connectivity index (χ3n) is 2.81.